The summed E-state index contributed by atoms with van der Waals surface area (Å²) in [5.74, 6) is 0. The van der Waals surface area contributed by atoms with Crippen LogP contribution in [0.5, 0.6) is 0 Å². The second-order valence-corrected chi connectivity index (χ2v) is 7.07. The molecule has 7 nitrogen and oxygen atoms in total. The maximum absolute atomic E-state index is 12.9. The van der Waals surface area contributed by atoms with E-state index in [0.29, 0.717) is 33.7 Å². The number of anilines is 1. The predicted octanol–water partition coefficient (Wildman–Crippen LogP) is 3.81. The largest absolute Gasteiger partial charge is 0.332 e. The minimum Gasteiger partial charge on any atom is -0.332 e. The number of hydrogen-bond acceptors (Lipinski definition) is 4. The van der Waals surface area contributed by atoms with E-state index in [-0.39, 0.29) is 18.1 Å². The van der Waals surface area contributed by atoms with E-state index >= 15 is 0 Å². The molecule has 2 aromatic carbocycles. The lowest BCUT2D eigenvalue weighted by Gasteiger charge is -2.12. The third-order valence-electron chi connectivity index (χ3n) is 4.52. The van der Waals surface area contributed by atoms with Gasteiger partial charge in [0.25, 0.3) is 5.56 Å². The highest BCUT2D eigenvalue weighted by Gasteiger charge is 2.12. The molecule has 0 bridgehead atoms. The summed E-state index contributed by atoms with van der Waals surface area (Å²) in [7, 11) is 0. The standard InChI is InChI=1S/C22H18ClN5O2/c23-16-7-9-17(10-8-16)26-22(30)25-13-20-18-5-1-2-6-19(18)21(29)28(27-20)14-15-4-3-11-24-12-15/h1-12H,13-14H2,(H2,25,26,30). The third kappa shape index (κ3) is 4.47. The van der Waals surface area contributed by atoms with E-state index < -0.39 is 0 Å². The number of amides is 2. The Labute approximate surface area is 177 Å². The molecule has 0 aliphatic rings. The zero-order valence-corrected chi connectivity index (χ0v) is 16.6. The zero-order chi connectivity index (χ0) is 20.9. The van der Waals surface area contributed by atoms with Gasteiger partial charge < -0.3 is 10.6 Å². The van der Waals surface area contributed by atoms with E-state index in [0.717, 1.165) is 5.56 Å². The number of hydrogen-bond donors (Lipinski definition) is 2. The number of halogens is 1. The normalized spacial score (nSPS) is 10.7. The molecular weight excluding hydrogens is 402 g/mol. The van der Waals surface area contributed by atoms with Crippen LogP contribution in [0.15, 0.2) is 77.9 Å². The van der Waals surface area contributed by atoms with Crippen molar-refractivity contribution in [3.8, 4) is 0 Å². The molecule has 0 spiro atoms. The summed E-state index contributed by atoms with van der Waals surface area (Å²) in [6.45, 7) is 0.453. The molecule has 2 aromatic heterocycles. The summed E-state index contributed by atoms with van der Waals surface area (Å²) in [6.07, 6.45) is 3.37. The molecule has 0 atom stereocenters. The van der Waals surface area contributed by atoms with Crippen LogP contribution in [0.4, 0.5) is 10.5 Å². The van der Waals surface area contributed by atoms with Crippen molar-refractivity contribution in [2.75, 3.05) is 5.32 Å². The molecule has 0 radical (unpaired) electrons. The van der Waals surface area contributed by atoms with Crippen LogP contribution in [0.25, 0.3) is 10.8 Å². The Morgan fingerprint density at radius 1 is 1.00 bits per heavy atom. The number of pyridine rings is 1. The van der Waals surface area contributed by atoms with Gasteiger partial charge in [0.2, 0.25) is 0 Å². The maximum atomic E-state index is 12.9. The molecule has 30 heavy (non-hydrogen) atoms. The highest BCUT2D eigenvalue weighted by molar-refractivity contribution is 6.30. The van der Waals surface area contributed by atoms with Gasteiger partial charge in [0.1, 0.15) is 0 Å². The predicted molar refractivity (Wildman–Crippen MR) is 117 cm³/mol. The number of carbonyl (C=O) groups excluding carboxylic acids is 1. The van der Waals surface area contributed by atoms with Gasteiger partial charge in [-0.1, -0.05) is 35.9 Å². The number of rotatable bonds is 5. The van der Waals surface area contributed by atoms with Gasteiger partial charge >= 0.3 is 6.03 Å². The molecule has 150 valence electrons. The third-order valence-corrected chi connectivity index (χ3v) is 4.77. The van der Waals surface area contributed by atoms with Crippen LogP contribution >= 0.6 is 11.6 Å². The van der Waals surface area contributed by atoms with Gasteiger partial charge in [-0.15, -0.1) is 0 Å². The van der Waals surface area contributed by atoms with Crippen molar-refractivity contribution in [3.63, 3.8) is 0 Å². The molecule has 0 aliphatic heterocycles. The van der Waals surface area contributed by atoms with Crippen LogP contribution in [0.1, 0.15) is 11.3 Å². The van der Waals surface area contributed by atoms with Crippen LogP contribution in [0.2, 0.25) is 5.02 Å². The van der Waals surface area contributed by atoms with Crippen molar-refractivity contribution in [3.05, 3.63) is 99.7 Å². The summed E-state index contributed by atoms with van der Waals surface area (Å²) < 4.78 is 1.40. The highest BCUT2D eigenvalue weighted by Crippen LogP contribution is 2.15. The molecule has 0 fully saturated rings. The van der Waals surface area contributed by atoms with Crippen LogP contribution in [0.3, 0.4) is 0 Å². The van der Waals surface area contributed by atoms with Gasteiger partial charge in [0.15, 0.2) is 0 Å². The zero-order valence-electron chi connectivity index (χ0n) is 15.9. The first-order valence-electron chi connectivity index (χ1n) is 9.28. The van der Waals surface area contributed by atoms with E-state index in [1.165, 1.54) is 4.68 Å². The lowest BCUT2D eigenvalue weighted by atomic mass is 10.1. The average molecular weight is 420 g/mol. The minimum atomic E-state index is -0.381. The minimum absolute atomic E-state index is 0.160. The van der Waals surface area contributed by atoms with Gasteiger partial charge in [-0.3, -0.25) is 9.78 Å². The fraction of sp³-hybridized carbons (Fsp3) is 0.0909. The Bertz CT molecular complexity index is 1240. The fourth-order valence-electron chi connectivity index (χ4n) is 3.08. The molecule has 0 aliphatic carbocycles. The van der Waals surface area contributed by atoms with E-state index in [9.17, 15) is 9.59 Å². The van der Waals surface area contributed by atoms with Crippen molar-refractivity contribution in [2.45, 2.75) is 13.1 Å². The summed E-state index contributed by atoms with van der Waals surface area (Å²) in [5, 5.41) is 11.9. The molecule has 0 saturated carbocycles. The molecule has 4 rings (SSSR count). The molecule has 8 heteroatoms. The maximum Gasteiger partial charge on any atom is 0.319 e. The Kier molecular flexibility index (Phi) is 5.72. The molecule has 4 aromatic rings. The number of nitrogens with one attached hydrogen (secondary N) is 2. The second-order valence-electron chi connectivity index (χ2n) is 6.63. The number of aromatic nitrogens is 3. The Morgan fingerprint density at radius 2 is 1.77 bits per heavy atom. The van der Waals surface area contributed by atoms with Gasteiger partial charge in [0, 0.05) is 28.5 Å². The Morgan fingerprint density at radius 3 is 2.50 bits per heavy atom. The van der Waals surface area contributed by atoms with Crippen molar-refractivity contribution in [1.29, 1.82) is 0 Å². The van der Waals surface area contributed by atoms with Gasteiger partial charge in [-0.25, -0.2) is 9.48 Å². The van der Waals surface area contributed by atoms with Crippen LogP contribution in [-0.4, -0.2) is 20.8 Å². The monoisotopic (exact) mass is 419 g/mol. The quantitative estimate of drug-likeness (QED) is 0.514. The van der Waals surface area contributed by atoms with E-state index in [2.05, 4.69) is 20.7 Å². The topological polar surface area (TPSA) is 88.9 Å². The molecule has 0 saturated heterocycles. The lowest BCUT2D eigenvalue weighted by Crippen LogP contribution is -2.31. The van der Waals surface area contributed by atoms with Crippen LogP contribution in [0, 0.1) is 0 Å². The average Bonchev–Trinajstić information content (AvgIpc) is 2.77. The van der Waals surface area contributed by atoms with Gasteiger partial charge in [-0.2, -0.15) is 5.10 Å². The van der Waals surface area contributed by atoms with Crippen molar-refractivity contribution in [2.24, 2.45) is 0 Å². The molecule has 2 N–H and O–H groups in total. The number of carbonyl (C=O) groups is 1. The summed E-state index contributed by atoms with van der Waals surface area (Å²) in [4.78, 5) is 29.2. The number of benzene rings is 2. The fourth-order valence-corrected chi connectivity index (χ4v) is 3.21. The van der Waals surface area contributed by atoms with Crippen LogP contribution in [-0.2, 0) is 13.1 Å². The number of nitrogens with zero attached hydrogens (tertiary/aromatic N) is 3. The molecule has 2 heterocycles. The van der Waals surface area contributed by atoms with E-state index in [1.54, 1.807) is 42.7 Å². The number of fused-ring (bicyclic) bond motifs is 1. The molecule has 2 amide bonds. The summed E-state index contributed by atoms with van der Waals surface area (Å²) in [6, 6.07) is 17.4. The first kappa shape index (κ1) is 19.6. The summed E-state index contributed by atoms with van der Waals surface area (Å²) in [5.41, 5.74) is 1.89. The number of urea groups is 1. The smallest absolute Gasteiger partial charge is 0.319 e. The SMILES string of the molecule is O=C(NCc1nn(Cc2cccnc2)c(=O)c2ccccc12)Nc1ccc(Cl)cc1. The van der Waals surface area contributed by atoms with Crippen molar-refractivity contribution < 1.29 is 4.79 Å². The first-order valence-corrected chi connectivity index (χ1v) is 9.66. The highest BCUT2D eigenvalue weighted by atomic mass is 35.5. The first-order chi connectivity index (χ1) is 14.6. The van der Waals surface area contributed by atoms with Crippen LogP contribution < -0.4 is 16.2 Å². The van der Waals surface area contributed by atoms with E-state index in [4.69, 9.17) is 11.6 Å². The van der Waals surface area contributed by atoms with Crippen molar-refractivity contribution >= 4 is 34.1 Å². The van der Waals surface area contributed by atoms with Gasteiger partial charge in [0.05, 0.1) is 24.2 Å². The lowest BCUT2D eigenvalue weighted by molar-refractivity contribution is 0.251. The van der Waals surface area contributed by atoms with Gasteiger partial charge in [-0.05, 0) is 42.0 Å². The second kappa shape index (κ2) is 8.75. The van der Waals surface area contributed by atoms with Crippen molar-refractivity contribution in [1.82, 2.24) is 20.1 Å². The molecular formula is C22H18ClN5O2. The van der Waals surface area contributed by atoms with E-state index in [1.807, 2.05) is 30.3 Å². The molecule has 0 unspecified atom stereocenters. The Balaban J connectivity index is 1.58. The Hall–Kier alpha value is -3.71. The summed E-state index contributed by atoms with van der Waals surface area (Å²) >= 11 is 5.86.